The average Bonchev–Trinajstić information content (AvgIpc) is 2.40. The second-order valence-electron chi connectivity index (χ2n) is 7.37. The molecule has 21 heavy (non-hydrogen) atoms. The molecule has 1 heterocycles. The highest BCUT2D eigenvalue weighted by atomic mass is 16.6. The van der Waals surface area contributed by atoms with Crippen molar-refractivity contribution in [3.8, 4) is 0 Å². The lowest BCUT2D eigenvalue weighted by Gasteiger charge is -2.47. The molecule has 0 saturated carbocycles. The van der Waals surface area contributed by atoms with E-state index in [1.165, 1.54) is 5.56 Å². The van der Waals surface area contributed by atoms with Gasteiger partial charge in [-0.1, -0.05) is 37.3 Å². The Morgan fingerprint density at radius 3 is 2.48 bits per heavy atom. The molecule has 3 heteroatoms. The summed E-state index contributed by atoms with van der Waals surface area (Å²) < 4.78 is 5.63. The first-order valence-corrected chi connectivity index (χ1v) is 7.78. The molecule has 0 aliphatic carbocycles. The van der Waals surface area contributed by atoms with E-state index >= 15 is 0 Å². The minimum Gasteiger partial charge on any atom is -0.444 e. The largest absolute Gasteiger partial charge is 0.444 e. The molecule has 1 amide bonds. The summed E-state index contributed by atoms with van der Waals surface area (Å²) in [5.74, 6) is 0.509. The number of carbonyl (C=O) groups excluding carboxylic acids is 1. The predicted octanol–water partition coefficient (Wildman–Crippen LogP) is 4.57. The first-order valence-electron chi connectivity index (χ1n) is 7.78. The molecule has 0 radical (unpaired) electrons. The number of benzene rings is 1. The lowest BCUT2D eigenvalue weighted by atomic mass is 9.79. The fourth-order valence-corrected chi connectivity index (χ4v) is 2.96. The van der Waals surface area contributed by atoms with E-state index in [0.29, 0.717) is 5.92 Å². The van der Waals surface area contributed by atoms with Crippen LogP contribution in [0.4, 0.5) is 4.79 Å². The quantitative estimate of drug-likeness (QED) is 0.758. The van der Waals surface area contributed by atoms with Crippen molar-refractivity contribution in [1.29, 1.82) is 0 Å². The van der Waals surface area contributed by atoms with Gasteiger partial charge >= 0.3 is 6.09 Å². The summed E-state index contributed by atoms with van der Waals surface area (Å²) in [5.41, 5.74) is 0.439. The first kappa shape index (κ1) is 15.9. The Morgan fingerprint density at radius 1 is 1.29 bits per heavy atom. The van der Waals surface area contributed by atoms with Crippen LogP contribution in [0.25, 0.3) is 0 Å². The van der Waals surface area contributed by atoms with Crippen molar-refractivity contribution in [3.05, 3.63) is 35.9 Å². The maximum absolute atomic E-state index is 12.7. The molecule has 1 aromatic carbocycles. The van der Waals surface area contributed by atoms with Crippen LogP contribution in [-0.4, -0.2) is 23.1 Å². The number of likely N-dealkylation sites (tertiary alicyclic amines) is 1. The van der Waals surface area contributed by atoms with E-state index in [1.807, 2.05) is 43.9 Å². The number of amides is 1. The van der Waals surface area contributed by atoms with Crippen molar-refractivity contribution in [2.75, 3.05) is 6.54 Å². The second kappa shape index (κ2) is 5.70. The molecular formula is C18H27NO2. The van der Waals surface area contributed by atoms with Gasteiger partial charge in [-0.15, -0.1) is 0 Å². The van der Waals surface area contributed by atoms with Gasteiger partial charge in [-0.2, -0.15) is 0 Å². The summed E-state index contributed by atoms with van der Waals surface area (Å²) in [5, 5.41) is 0. The van der Waals surface area contributed by atoms with Gasteiger partial charge in [-0.25, -0.2) is 4.79 Å². The van der Waals surface area contributed by atoms with Gasteiger partial charge in [-0.3, -0.25) is 4.90 Å². The average molecular weight is 289 g/mol. The standard InChI is InChI=1S/C18H27NO2/c1-14-11-12-18(5,15-9-7-6-8-10-15)19(13-14)16(20)21-17(2,3)4/h6-10,14H,11-13H2,1-5H3. The molecule has 1 aliphatic heterocycles. The Bertz CT molecular complexity index is 492. The maximum Gasteiger partial charge on any atom is 0.411 e. The fourth-order valence-electron chi connectivity index (χ4n) is 2.96. The van der Waals surface area contributed by atoms with Gasteiger partial charge < -0.3 is 4.74 Å². The van der Waals surface area contributed by atoms with Crippen LogP contribution in [0.1, 0.15) is 53.0 Å². The van der Waals surface area contributed by atoms with E-state index in [0.717, 1.165) is 19.4 Å². The Hall–Kier alpha value is -1.51. The number of hydrogen-bond donors (Lipinski definition) is 0. The highest BCUT2D eigenvalue weighted by Gasteiger charge is 2.42. The molecular weight excluding hydrogens is 262 g/mol. The van der Waals surface area contributed by atoms with Crippen molar-refractivity contribution < 1.29 is 9.53 Å². The Balaban J connectivity index is 2.31. The van der Waals surface area contributed by atoms with Crippen LogP contribution in [0.5, 0.6) is 0 Å². The summed E-state index contributed by atoms with van der Waals surface area (Å²) in [4.78, 5) is 14.6. The van der Waals surface area contributed by atoms with Crippen LogP contribution in [0.15, 0.2) is 30.3 Å². The molecule has 2 atom stereocenters. The van der Waals surface area contributed by atoms with Crippen LogP contribution < -0.4 is 0 Å². The van der Waals surface area contributed by atoms with Gasteiger partial charge in [-0.05, 0) is 52.0 Å². The van der Waals surface area contributed by atoms with Crippen molar-refractivity contribution in [1.82, 2.24) is 4.90 Å². The van der Waals surface area contributed by atoms with Crippen molar-refractivity contribution in [2.24, 2.45) is 5.92 Å². The number of hydrogen-bond acceptors (Lipinski definition) is 2. The van der Waals surface area contributed by atoms with Gasteiger partial charge in [0.25, 0.3) is 0 Å². The van der Waals surface area contributed by atoms with Gasteiger partial charge in [0, 0.05) is 6.54 Å². The molecule has 1 fully saturated rings. The molecule has 2 unspecified atom stereocenters. The zero-order valence-corrected chi connectivity index (χ0v) is 13.8. The Morgan fingerprint density at radius 2 is 1.90 bits per heavy atom. The van der Waals surface area contributed by atoms with E-state index in [2.05, 4.69) is 26.0 Å². The SMILES string of the molecule is CC1CCC(C)(c2ccccc2)N(C(=O)OC(C)(C)C)C1. The maximum atomic E-state index is 12.7. The van der Waals surface area contributed by atoms with Crippen LogP contribution in [0.3, 0.4) is 0 Å². The summed E-state index contributed by atoms with van der Waals surface area (Å²) in [6.45, 7) is 10.8. The smallest absolute Gasteiger partial charge is 0.411 e. The minimum atomic E-state index is -0.463. The van der Waals surface area contributed by atoms with E-state index in [9.17, 15) is 4.79 Å². The third kappa shape index (κ3) is 3.58. The molecule has 0 aromatic heterocycles. The van der Waals surface area contributed by atoms with Gasteiger partial charge in [0.1, 0.15) is 5.60 Å². The number of nitrogens with zero attached hydrogens (tertiary/aromatic N) is 1. The zero-order chi connectivity index (χ0) is 15.7. The van der Waals surface area contributed by atoms with E-state index < -0.39 is 5.60 Å². The molecule has 1 aromatic rings. The first-order chi connectivity index (χ1) is 9.72. The molecule has 3 nitrogen and oxygen atoms in total. The molecule has 0 spiro atoms. The van der Waals surface area contributed by atoms with Gasteiger partial charge in [0.05, 0.1) is 5.54 Å². The monoisotopic (exact) mass is 289 g/mol. The summed E-state index contributed by atoms with van der Waals surface area (Å²) in [7, 11) is 0. The number of rotatable bonds is 1. The van der Waals surface area contributed by atoms with Crippen LogP contribution >= 0.6 is 0 Å². The van der Waals surface area contributed by atoms with E-state index in [1.54, 1.807) is 0 Å². The molecule has 1 saturated heterocycles. The lowest BCUT2D eigenvalue weighted by Crippen LogP contribution is -2.53. The van der Waals surface area contributed by atoms with Crippen LogP contribution in [0, 0.1) is 5.92 Å². The van der Waals surface area contributed by atoms with Crippen molar-refractivity contribution >= 4 is 6.09 Å². The number of ether oxygens (including phenoxy) is 1. The second-order valence-corrected chi connectivity index (χ2v) is 7.37. The fraction of sp³-hybridized carbons (Fsp3) is 0.611. The van der Waals surface area contributed by atoms with Gasteiger partial charge in [0.2, 0.25) is 0 Å². The highest BCUT2D eigenvalue weighted by molar-refractivity contribution is 5.70. The third-order valence-corrected chi connectivity index (χ3v) is 4.22. The molecule has 0 bridgehead atoms. The highest BCUT2D eigenvalue weighted by Crippen LogP contribution is 2.39. The molecule has 0 N–H and O–H groups in total. The van der Waals surface area contributed by atoms with Crippen LogP contribution in [-0.2, 0) is 10.3 Å². The molecule has 116 valence electrons. The minimum absolute atomic E-state index is 0.208. The Kier molecular flexibility index (Phi) is 4.31. The Labute approximate surface area is 128 Å². The molecule has 2 rings (SSSR count). The van der Waals surface area contributed by atoms with Crippen LogP contribution in [0.2, 0.25) is 0 Å². The summed E-state index contributed by atoms with van der Waals surface area (Å²) in [6, 6.07) is 10.3. The van der Waals surface area contributed by atoms with Crippen molar-refractivity contribution in [2.45, 2.75) is 58.6 Å². The normalized spacial score (nSPS) is 26.5. The van der Waals surface area contributed by atoms with Gasteiger partial charge in [0.15, 0.2) is 0 Å². The topological polar surface area (TPSA) is 29.5 Å². The lowest BCUT2D eigenvalue weighted by molar-refractivity contribution is -0.0211. The molecule has 1 aliphatic rings. The third-order valence-electron chi connectivity index (χ3n) is 4.22. The zero-order valence-electron chi connectivity index (χ0n) is 13.8. The summed E-state index contributed by atoms with van der Waals surface area (Å²) >= 11 is 0. The van der Waals surface area contributed by atoms with E-state index in [4.69, 9.17) is 4.74 Å². The summed E-state index contributed by atoms with van der Waals surface area (Å²) in [6.07, 6.45) is 1.89. The van der Waals surface area contributed by atoms with E-state index in [-0.39, 0.29) is 11.6 Å². The number of piperidine rings is 1. The number of carbonyl (C=O) groups is 1. The van der Waals surface area contributed by atoms with Crippen molar-refractivity contribution in [3.63, 3.8) is 0 Å². The predicted molar refractivity (Wildman–Crippen MR) is 85.1 cm³/mol.